The Morgan fingerprint density at radius 3 is 2.43 bits per heavy atom. The lowest BCUT2D eigenvalue weighted by molar-refractivity contribution is -0.671. The molecule has 2 rings (SSSR count). The Labute approximate surface area is 84.7 Å². The molecule has 1 aromatic heterocycles. The van der Waals surface area contributed by atoms with E-state index in [1.54, 1.807) is 0 Å². The van der Waals surface area contributed by atoms with Gasteiger partial charge in [-0.2, -0.15) is 0 Å². The lowest BCUT2D eigenvalue weighted by atomic mass is 10.1. The number of nitrogens with zero attached hydrogens (tertiary/aromatic N) is 1. The van der Waals surface area contributed by atoms with Crippen molar-refractivity contribution in [3.05, 3.63) is 60.5 Å². The zero-order valence-electron chi connectivity index (χ0n) is 8.30. The van der Waals surface area contributed by atoms with Crippen LogP contribution in [0, 0.1) is 5.92 Å². The van der Waals surface area contributed by atoms with Gasteiger partial charge in [0.2, 0.25) is 0 Å². The van der Waals surface area contributed by atoms with E-state index in [4.69, 9.17) is 0 Å². The van der Waals surface area contributed by atoms with Gasteiger partial charge in [-0.15, -0.1) is 0 Å². The molecule has 70 valence electrons. The molecule has 1 aliphatic rings. The van der Waals surface area contributed by atoms with Gasteiger partial charge >= 0.3 is 0 Å². The van der Waals surface area contributed by atoms with Crippen LogP contribution in [0.3, 0.4) is 0 Å². The van der Waals surface area contributed by atoms with Crippen LogP contribution in [0.2, 0.25) is 0 Å². The van der Waals surface area contributed by atoms with E-state index in [-0.39, 0.29) is 0 Å². The van der Waals surface area contributed by atoms with Crippen LogP contribution in [0.4, 0.5) is 0 Å². The first kappa shape index (κ1) is 8.95. The predicted molar refractivity (Wildman–Crippen MR) is 58.4 cm³/mol. The number of aromatic nitrogens is 1. The van der Waals surface area contributed by atoms with Gasteiger partial charge in [-0.1, -0.05) is 36.5 Å². The molecule has 0 amide bonds. The highest BCUT2D eigenvalue weighted by atomic mass is 14.9. The summed E-state index contributed by atoms with van der Waals surface area (Å²) in [6.45, 7) is 0. The van der Waals surface area contributed by atoms with Crippen molar-refractivity contribution in [1.29, 1.82) is 0 Å². The van der Waals surface area contributed by atoms with E-state index in [9.17, 15) is 0 Å². The lowest BCUT2D eigenvalue weighted by Crippen LogP contribution is -2.25. The van der Waals surface area contributed by atoms with Crippen molar-refractivity contribution in [2.45, 2.75) is 0 Å². The fourth-order valence-electron chi connectivity index (χ4n) is 1.42. The van der Waals surface area contributed by atoms with Gasteiger partial charge in [0.15, 0.2) is 12.4 Å². The third-order valence-corrected chi connectivity index (χ3v) is 2.29. The first-order valence-corrected chi connectivity index (χ1v) is 4.83. The molecule has 1 heterocycles. The molecule has 14 heavy (non-hydrogen) atoms. The summed E-state index contributed by atoms with van der Waals surface area (Å²) in [6.07, 6.45) is 17.0. The minimum atomic E-state index is 0.476. The molecule has 0 spiro atoms. The molecule has 1 aliphatic carbocycles. The standard InChI is InChI=1S/C13H14N/c1-14-10-8-13(9-11-14)7-6-12-4-2-3-5-12/h2-12H,1H3/q+1. The highest BCUT2D eigenvalue weighted by Gasteiger charge is 1.97. The molecule has 0 fully saturated rings. The predicted octanol–water partition coefficient (Wildman–Crippen LogP) is 2.27. The minimum absolute atomic E-state index is 0.476. The maximum Gasteiger partial charge on any atom is 0.169 e. The summed E-state index contributed by atoms with van der Waals surface area (Å²) in [4.78, 5) is 0. The number of aryl methyl sites for hydroxylation is 1. The highest BCUT2D eigenvalue weighted by Crippen LogP contribution is 2.12. The number of allylic oxidation sites excluding steroid dienone is 5. The van der Waals surface area contributed by atoms with Gasteiger partial charge in [0.1, 0.15) is 7.05 Å². The summed E-state index contributed by atoms with van der Waals surface area (Å²) in [5.41, 5.74) is 1.25. The molecule has 0 N–H and O–H groups in total. The van der Waals surface area contributed by atoms with Gasteiger partial charge in [-0.05, 0) is 5.56 Å². The average molecular weight is 184 g/mol. The molecular weight excluding hydrogens is 170 g/mol. The molecule has 0 saturated carbocycles. The Morgan fingerprint density at radius 2 is 1.79 bits per heavy atom. The quantitative estimate of drug-likeness (QED) is 0.621. The molecule has 0 aromatic carbocycles. The van der Waals surface area contributed by atoms with Crippen LogP contribution < -0.4 is 4.57 Å². The molecular formula is C13H14N+. The first-order chi connectivity index (χ1) is 6.84. The highest BCUT2D eigenvalue weighted by molar-refractivity contribution is 5.49. The number of hydrogen-bond acceptors (Lipinski definition) is 0. The van der Waals surface area contributed by atoms with Crippen molar-refractivity contribution >= 4 is 6.08 Å². The fraction of sp³-hybridized carbons (Fsp3) is 0.154. The van der Waals surface area contributed by atoms with Crippen molar-refractivity contribution in [2.75, 3.05) is 0 Å². The normalized spacial score (nSPS) is 15.8. The van der Waals surface area contributed by atoms with E-state index in [1.807, 2.05) is 11.6 Å². The van der Waals surface area contributed by atoms with Gasteiger partial charge in [-0.3, -0.25) is 0 Å². The van der Waals surface area contributed by atoms with Gasteiger partial charge in [0.25, 0.3) is 0 Å². The van der Waals surface area contributed by atoms with Gasteiger partial charge < -0.3 is 0 Å². The van der Waals surface area contributed by atoms with Crippen LogP contribution >= 0.6 is 0 Å². The zero-order valence-corrected chi connectivity index (χ0v) is 8.30. The van der Waals surface area contributed by atoms with E-state index in [0.29, 0.717) is 5.92 Å². The van der Waals surface area contributed by atoms with Crippen LogP contribution in [0.15, 0.2) is 54.9 Å². The molecule has 0 unspecified atom stereocenters. The maximum atomic E-state index is 2.20. The second-order valence-electron chi connectivity index (χ2n) is 3.50. The largest absolute Gasteiger partial charge is 0.208 e. The van der Waals surface area contributed by atoms with Crippen LogP contribution in [-0.2, 0) is 7.05 Å². The zero-order chi connectivity index (χ0) is 9.80. The van der Waals surface area contributed by atoms with Crippen LogP contribution in [-0.4, -0.2) is 0 Å². The van der Waals surface area contributed by atoms with Crippen molar-refractivity contribution in [3.63, 3.8) is 0 Å². The number of hydrogen-bond donors (Lipinski definition) is 0. The average Bonchev–Trinajstić information content (AvgIpc) is 2.70. The summed E-state index contributed by atoms with van der Waals surface area (Å²) in [7, 11) is 2.02. The molecule has 0 atom stereocenters. The summed E-state index contributed by atoms with van der Waals surface area (Å²) < 4.78 is 2.03. The summed E-state index contributed by atoms with van der Waals surface area (Å²) in [6, 6.07) is 4.22. The monoisotopic (exact) mass is 184 g/mol. The van der Waals surface area contributed by atoms with Crippen LogP contribution in [0.5, 0.6) is 0 Å². The van der Waals surface area contributed by atoms with E-state index in [2.05, 4.69) is 61.0 Å². The molecule has 0 saturated heterocycles. The Kier molecular flexibility index (Phi) is 2.59. The molecule has 1 heteroatoms. The Balaban J connectivity index is 2.06. The number of rotatable bonds is 2. The minimum Gasteiger partial charge on any atom is -0.208 e. The lowest BCUT2D eigenvalue weighted by Gasteiger charge is -1.95. The van der Waals surface area contributed by atoms with Crippen LogP contribution in [0.25, 0.3) is 6.08 Å². The summed E-state index contributed by atoms with van der Waals surface area (Å²) in [5, 5.41) is 0. The van der Waals surface area contributed by atoms with E-state index in [1.165, 1.54) is 5.56 Å². The maximum absolute atomic E-state index is 2.20. The fourth-order valence-corrected chi connectivity index (χ4v) is 1.42. The van der Waals surface area contributed by atoms with E-state index < -0.39 is 0 Å². The molecule has 0 radical (unpaired) electrons. The van der Waals surface area contributed by atoms with Gasteiger partial charge in [0, 0.05) is 18.1 Å². The molecule has 1 nitrogen and oxygen atoms in total. The Hall–Kier alpha value is -1.63. The van der Waals surface area contributed by atoms with Gasteiger partial charge in [0.05, 0.1) is 0 Å². The third kappa shape index (κ3) is 2.19. The first-order valence-electron chi connectivity index (χ1n) is 4.83. The SMILES string of the molecule is C[n+]1ccc(C=CC2C=CC=C2)cc1. The Bertz CT molecular complexity index is 370. The van der Waals surface area contributed by atoms with Gasteiger partial charge in [-0.25, -0.2) is 4.57 Å². The van der Waals surface area contributed by atoms with Crippen molar-refractivity contribution in [2.24, 2.45) is 13.0 Å². The second-order valence-corrected chi connectivity index (χ2v) is 3.50. The van der Waals surface area contributed by atoms with Crippen molar-refractivity contribution in [3.8, 4) is 0 Å². The Morgan fingerprint density at radius 1 is 1.14 bits per heavy atom. The number of pyridine rings is 1. The van der Waals surface area contributed by atoms with E-state index >= 15 is 0 Å². The topological polar surface area (TPSA) is 3.88 Å². The third-order valence-electron chi connectivity index (χ3n) is 2.29. The van der Waals surface area contributed by atoms with Crippen molar-refractivity contribution in [1.82, 2.24) is 0 Å². The van der Waals surface area contributed by atoms with Crippen molar-refractivity contribution < 1.29 is 4.57 Å². The smallest absolute Gasteiger partial charge is 0.169 e. The summed E-state index contributed by atoms with van der Waals surface area (Å²) in [5.74, 6) is 0.476. The van der Waals surface area contributed by atoms with Crippen LogP contribution in [0.1, 0.15) is 5.56 Å². The van der Waals surface area contributed by atoms with E-state index in [0.717, 1.165) is 0 Å². The molecule has 0 aliphatic heterocycles. The summed E-state index contributed by atoms with van der Waals surface area (Å²) >= 11 is 0. The molecule has 1 aromatic rings. The molecule has 0 bridgehead atoms. The second kappa shape index (κ2) is 4.05.